The number of ether oxygens (including phenoxy) is 2. The highest BCUT2D eigenvalue weighted by Crippen LogP contribution is 2.37. The Morgan fingerprint density at radius 1 is 1.19 bits per heavy atom. The summed E-state index contributed by atoms with van der Waals surface area (Å²) in [6.45, 7) is 4.97. The highest BCUT2D eigenvalue weighted by Gasteiger charge is 2.38. The van der Waals surface area contributed by atoms with Crippen LogP contribution in [0.3, 0.4) is 0 Å². The molecule has 0 saturated carbocycles. The molecule has 1 aliphatic rings. The van der Waals surface area contributed by atoms with Crippen molar-refractivity contribution < 1.29 is 23.0 Å². The molecule has 1 aliphatic heterocycles. The van der Waals surface area contributed by atoms with Crippen LogP contribution in [0.15, 0.2) is 71.9 Å². The Morgan fingerprint density at radius 2 is 1.92 bits per heavy atom. The van der Waals surface area contributed by atoms with E-state index in [2.05, 4.69) is 9.88 Å². The van der Waals surface area contributed by atoms with Gasteiger partial charge in [-0.2, -0.15) is 4.31 Å². The molecular weight excluding hydrogens is 490 g/mol. The second kappa shape index (κ2) is 11.6. The average molecular weight is 526 g/mol. The van der Waals surface area contributed by atoms with Gasteiger partial charge < -0.3 is 14.6 Å². The lowest BCUT2D eigenvalue weighted by Crippen LogP contribution is -2.49. The van der Waals surface area contributed by atoms with Crippen LogP contribution in [0.5, 0.6) is 11.5 Å². The number of aromatic nitrogens is 1. The molecule has 2 heterocycles. The Hall–Kier alpha value is -2.98. The first-order valence-corrected chi connectivity index (χ1v) is 13.8. The van der Waals surface area contributed by atoms with Gasteiger partial charge in [-0.05, 0) is 61.0 Å². The first kappa shape index (κ1) is 27.1. The standard InChI is InChI=1S/C28H35N3O5S/c1-20-16-31(21(2)19-32)37(33,34)28-12-9-24(23-7-10-25(35-4)11-8-23)14-26(28)36-27(20)18-30(3)17-22-6-5-13-29-15-22/h5-15,20-21,27,32H,16-19H2,1-4H3/t20-,21+,27+/m1/s1. The highest BCUT2D eigenvalue weighted by atomic mass is 32.2. The molecule has 0 unspecified atom stereocenters. The SMILES string of the molecule is COc1ccc(-c2ccc3c(c2)O[C@@H](CN(C)Cc2cccnc2)[C@H](C)CN([C@@H](C)CO)S3(=O)=O)cc1. The summed E-state index contributed by atoms with van der Waals surface area (Å²) in [7, 11) is -0.259. The number of pyridine rings is 1. The molecule has 0 spiro atoms. The number of hydrogen-bond donors (Lipinski definition) is 1. The van der Waals surface area contributed by atoms with Crippen LogP contribution in [0.1, 0.15) is 19.4 Å². The van der Waals surface area contributed by atoms with E-state index in [4.69, 9.17) is 9.47 Å². The zero-order valence-electron chi connectivity index (χ0n) is 21.7. The van der Waals surface area contributed by atoms with Gasteiger partial charge in [-0.15, -0.1) is 0 Å². The normalized spacial score (nSPS) is 20.4. The maximum absolute atomic E-state index is 13.7. The molecule has 0 amide bonds. The van der Waals surface area contributed by atoms with E-state index in [9.17, 15) is 13.5 Å². The smallest absolute Gasteiger partial charge is 0.247 e. The molecule has 0 fully saturated rings. The summed E-state index contributed by atoms with van der Waals surface area (Å²) in [5.74, 6) is 0.931. The molecule has 0 aliphatic carbocycles. The van der Waals surface area contributed by atoms with Crippen molar-refractivity contribution in [2.45, 2.75) is 37.4 Å². The lowest BCUT2D eigenvalue weighted by Gasteiger charge is -2.37. The number of nitrogens with zero attached hydrogens (tertiary/aromatic N) is 3. The van der Waals surface area contributed by atoms with Gasteiger partial charge in [0.05, 0.1) is 13.7 Å². The van der Waals surface area contributed by atoms with E-state index in [1.165, 1.54) is 4.31 Å². The van der Waals surface area contributed by atoms with E-state index in [0.29, 0.717) is 18.8 Å². The number of fused-ring (bicyclic) bond motifs is 1. The fraction of sp³-hybridized carbons (Fsp3) is 0.393. The molecule has 0 radical (unpaired) electrons. The van der Waals surface area contributed by atoms with Crippen LogP contribution in [0.2, 0.25) is 0 Å². The van der Waals surface area contributed by atoms with Crippen molar-refractivity contribution in [2.24, 2.45) is 5.92 Å². The van der Waals surface area contributed by atoms with Crippen LogP contribution in [-0.2, 0) is 16.6 Å². The monoisotopic (exact) mass is 525 g/mol. The third kappa shape index (κ3) is 6.13. The van der Waals surface area contributed by atoms with Crippen LogP contribution in [0.4, 0.5) is 0 Å². The van der Waals surface area contributed by atoms with E-state index in [1.807, 2.05) is 56.6 Å². The van der Waals surface area contributed by atoms with E-state index in [-0.39, 0.29) is 30.1 Å². The van der Waals surface area contributed by atoms with Crippen LogP contribution >= 0.6 is 0 Å². The Morgan fingerprint density at radius 3 is 2.57 bits per heavy atom. The highest BCUT2D eigenvalue weighted by molar-refractivity contribution is 7.89. The molecule has 9 heteroatoms. The van der Waals surface area contributed by atoms with Gasteiger partial charge in [0.15, 0.2) is 0 Å². The molecule has 37 heavy (non-hydrogen) atoms. The molecule has 0 bridgehead atoms. The minimum Gasteiger partial charge on any atom is -0.497 e. The number of aliphatic hydroxyl groups is 1. The Labute approximate surface area is 219 Å². The fourth-order valence-electron chi connectivity index (χ4n) is 4.58. The maximum atomic E-state index is 13.7. The van der Waals surface area contributed by atoms with Crippen molar-refractivity contribution in [3.05, 3.63) is 72.6 Å². The molecule has 3 atom stereocenters. The number of aliphatic hydroxyl groups excluding tert-OH is 1. The summed E-state index contributed by atoms with van der Waals surface area (Å²) in [5, 5.41) is 9.86. The summed E-state index contributed by atoms with van der Waals surface area (Å²) >= 11 is 0. The third-order valence-electron chi connectivity index (χ3n) is 6.76. The predicted octanol–water partition coefficient (Wildman–Crippen LogP) is 3.66. The van der Waals surface area contributed by atoms with Gasteiger partial charge in [0.1, 0.15) is 22.5 Å². The first-order valence-electron chi connectivity index (χ1n) is 12.4. The number of methoxy groups -OCH3 is 1. The maximum Gasteiger partial charge on any atom is 0.247 e. The van der Waals surface area contributed by atoms with E-state index in [0.717, 1.165) is 22.4 Å². The predicted molar refractivity (Wildman–Crippen MR) is 143 cm³/mol. The van der Waals surface area contributed by atoms with Gasteiger partial charge in [0.25, 0.3) is 0 Å². The third-order valence-corrected chi connectivity index (χ3v) is 8.78. The summed E-state index contributed by atoms with van der Waals surface area (Å²) in [6.07, 6.45) is 3.31. The largest absolute Gasteiger partial charge is 0.497 e. The zero-order valence-corrected chi connectivity index (χ0v) is 22.6. The van der Waals surface area contributed by atoms with Crippen LogP contribution in [0, 0.1) is 5.92 Å². The number of rotatable bonds is 8. The molecular formula is C28H35N3O5S. The quantitative estimate of drug-likeness (QED) is 0.480. The number of benzene rings is 2. The molecule has 198 valence electrons. The summed E-state index contributed by atoms with van der Waals surface area (Å²) in [5.41, 5.74) is 2.85. The molecule has 1 aromatic heterocycles. The molecule has 1 N–H and O–H groups in total. The van der Waals surface area contributed by atoms with Crippen molar-refractivity contribution in [1.29, 1.82) is 0 Å². The van der Waals surface area contributed by atoms with Crippen LogP contribution in [-0.4, -0.2) is 73.7 Å². The van der Waals surface area contributed by atoms with Crippen molar-refractivity contribution in [2.75, 3.05) is 33.9 Å². The summed E-state index contributed by atoms with van der Waals surface area (Å²) in [4.78, 5) is 6.46. The molecule has 3 aromatic rings. The zero-order chi connectivity index (χ0) is 26.6. The van der Waals surface area contributed by atoms with Crippen LogP contribution < -0.4 is 9.47 Å². The molecule has 0 saturated heterocycles. The second-order valence-electron chi connectivity index (χ2n) is 9.69. The van der Waals surface area contributed by atoms with Crippen LogP contribution in [0.25, 0.3) is 11.1 Å². The lowest BCUT2D eigenvalue weighted by atomic mass is 10.0. The van der Waals surface area contributed by atoms with E-state index < -0.39 is 16.1 Å². The van der Waals surface area contributed by atoms with Crippen molar-refractivity contribution >= 4 is 10.0 Å². The van der Waals surface area contributed by atoms with Gasteiger partial charge in [0.2, 0.25) is 10.0 Å². The second-order valence-corrected chi connectivity index (χ2v) is 11.5. The van der Waals surface area contributed by atoms with E-state index in [1.54, 1.807) is 38.4 Å². The summed E-state index contributed by atoms with van der Waals surface area (Å²) in [6, 6.07) is 16.2. The molecule has 4 rings (SSSR count). The Kier molecular flexibility index (Phi) is 8.49. The van der Waals surface area contributed by atoms with Crippen molar-refractivity contribution in [3.63, 3.8) is 0 Å². The topological polar surface area (TPSA) is 92.2 Å². The number of likely N-dealkylation sites (N-methyl/N-ethyl adjacent to an activating group) is 1. The van der Waals surface area contributed by atoms with Crippen molar-refractivity contribution in [3.8, 4) is 22.6 Å². The Bertz CT molecular complexity index is 1280. The molecule has 2 aromatic carbocycles. The number of sulfonamides is 1. The van der Waals surface area contributed by atoms with Gasteiger partial charge in [0, 0.05) is 44.0 Å². The minimum atomic E-state index is -3.89. The average Bonchev–Trinajstić information content (AvgIpc) is 2.90. The van der Waals surface area contributed by atoms with Gasteiger partial charge in [-0.25, -0.2) is 8.42 Å². The van der Waals surface area contributed by atoms with Gasteiger partial charge >= 0.3 is 0 Å². The number of hydrogen-bond acceptors (Lipinski definition) is 7. The summed E-state index contributed by atoms with van der Waals surface area (Å²) < 4.78 is 40.6. The van der Waals surface area contributed by atoms with Gasteiger partial charge in [-0.3, -0.25) is 9.88 Å². The molecule has 8 nitrogen and oxygen atoms in total. The fourth-order valence-corrected chi connectivity index (χ4v) is 6.41. The Balaban J connectivity index is 1.71. The van der Waals surface area contributed by atoms with Crippen molar-refractivity contribution in [1.82, 2.24) is 14.2 Å². The minimum absolute atomic E-state index is 0.108. The van der Waals surface area contributed by atoms with Gasteiger partial charge in [-0.1, -0.05) is 31.2 Å². The van der Waals surface area contributed by atoms with E-state index >= 15 is 0 Å². The first-order chi connectivity index (χ1) is 17.7. The lowest BCUT2D eigenvalue weighted by molar-refractivity contribution is 0.0734.